The summed E-state index contributed by atoms with van der Waals surface area (Å²) >= 11 is 3.06. The zero-order chi connectivity index (χ0) is 12.2. The first kappa shape index (κ1) is 10.5. The summed E-state index contributed by atoms with van der Waals surface area (Å²) in [5.74, 6) is -0.244. The van der Waals surface area contributed by atoms with Crippen LogP contribution in [0.5, 0.6) is 11.5 Å². The first-order valence-corrected chi connectivity index (χ1v) is 5.36. The minimum Gasteiger partial charge on any atom is -0.395 e. The van der Waals surface area contributed by atoms with E-state index in [1.165, 1.54) is 18.3 Å². The van der Waals surface area contributed by atoms with Crippen LogP contribution in [0, 0.1) is 0 Å². The highest BCUT2D eigenvalue weighted by Gasteiger charge is 2.43. The molecule has 0 spiro atoms. The van der Waals surface area contributed by atoms with Gasteiger partial charge in [-0.25, -0.2) is 0 Å². The molecule has 7 heteroatoms. The van der Waals surface area contributed by atoms with Gasteiger partial charge in [0.25, 0.3) is 0 Å². The van der Waals surface area contributed by atoms with Crippen molar-refractivity contribution >= 4 is 26.8 Å². The number of hydrogen-bond acceptors (Lipinski definition) is 3. The SMILES string of the molecule is O=c1c(Br)c[nH]c2cc3c(cc12)OC(F)(F)O3. The summed E-state index contributed by atoms with van der Waals surface area (Å²) in [6, 6.07) is 2.54. The lowest BCUT2D eigenvalue weighted by Gasteiger charge is -2.04. The molecule has 0 radical (unpaired) electrons. The summed E-state index contributed by atoms with van der Waals surface area (Å²) in [6.45, 7) is 0. The van der Waals surface area contributed by atoms with E-state index in [4.69, 9.17) is 0 Å². The molecule has 0 bridgehead atoms. The van der Waals surface area contributed by atoms with Gasteiger partial charge in [-0.1, -0.05) is 0 Å². The zero-order valence-corrected chi connectivity index (χ0v) is 9.68. The Bertz CT molecular complexity index is 683. The molecular formula is C10H4BrF2NO3. The minimum atomic E-state index is -3.68. The van der Waals surface area contributed by atoms with E-state index in [1.54, 1.807) is 0 Å². The molecule has 4 nitrogen and oxygen atoms in total. The number of nitrogens with one attached hydrogen (secondary N) is 1. The van der Waals surface area contributed by atoms with Crippen LogP contribution in [0.2, 0.25) is 0 Å². The Labute approximate surface area is 101 Å². The maximum atomic E-state index is 12.8. The molecule has 88 valence electrons. The highest BCUT2D eigenvalue weighted by molar-refractivity contribution is 9.10. The lowest BCUT2D eigenvalue weighted by molar-refractivity contribution is -0.286. The molecule has 0 saturated heterocycles. The number of hydrogen-bond donors (Lipinski definition) is 1. The predicted octanol–water partition coefficient (Wildman–Crippen LogP) is 2.61. The predicted molar refractivity (Wildman–Crippen MR) is 58.5 cm³/mol. The first-order valence-electron chi connectivity index (χ1n) is 4.57. The van der Waals surface area contributed by atoms with E-state index >= 15 is 0 Å². The Morgan fingerprint density at radius 1 is 1.24 bits per heavy atom. The van der Waals surface area contributed by atoms with Gasteiger partial charge in [0.1, 0.15) is 0 Å². The fourth-order valence-corrected chi connectivity index (χ4v) is 1.97. The van der Waals surface area contributed by atoms with Crippen molar-refractivity contribution in [2.24, 2.45) is 0 Å². The quantitative estimate of drug-likeness (QED) is 0.814. The molecule has 1 aromatic heterocycles. The topological polar surface area (TPSA) is 51.3 Å². The van der Waals surface area contributed by atoms with Crippen LogP contribution in [-0.4, -0.2) is 11.3 Å². The van der Waals surface area contributed by atoms with Gasteiger partial charge in [0.15, 0.2) is 11.5 Å². The van der Waals surface area contributed by atoms with Gasteiger partial charge in [0, 0.05) is 12.3 Å². The third-order valence-electron chi connectivity index (χ3n) is 2.36. The number of aromatic nitrogens is 1. The van der Waals surface area contributed by atoms with Crippen molar-refractivity contribution in [1.29, 1.82) is 0 Å². The van der Waals surface area contributed by atoms with Crippen LogP contribution in [0.4, 0.5) is 8.78 Å². The average Bonchev–Trinajstić information content (AvgIpc) is 2.54. The number of alkyl halides is 2. The summed E-state index contributed by atoms with van der Waals surface area (Å²) < 4.78 is 34.5. The molecule has 1 N–H and O–H groups in total. The maximum absolute atomic E-state index is 12.8. The molecular weight excluding hydrogens is 300 g/mol. The second kappa shape index (κ2) is 3.19. The Kier molecular flexibility index (Phi) is 1.97. The fourth-order valence-electron chi connectivity index (χ4n) is 1.64. The lowest BCUT2D eigenvalue weighted by Crippen LogP contribution is -2.25. The largest absolute Gasteiger partial charge is 0.586 e. The molecule has 0 aliphatic carbocycles. The number of rotatable bonds is 0. The summed E-state index contributed by atoms with van der Waals surface area (Å²) in [5.41, 5.74) is 0.0959. The van der Waals surface area contributed by atoms with Crippen LogP contribution in [0.15, 0.2) is 27.6 Å². The van der Waals surface area contributed by atoms with Crippen molar-refractivity contribution in [3.8, 4) is 11.5 Å². The van der Waals surface area contributed by atoms with Crippen LogP contribution in [0.25, 0.3) is 10.9 Å². The van der Waals surface area contributed by atoms with E-state index in [0.29, 0.717) is 9.99 Å². The number of pyridine rings is 1. The Morgan fingerprint density at radius 2 is 1.88 bits per heavy atom. The zero-order valence-electron chi connectivity index (χ0n) is 8.09. The van der Waals surface area contributed by atoms with Crippen molar-refractivity contribution in [2.75, 3.05) is 0 Å². The normalized spacial score (nSPS) is 16.4. The van der Waals surface area contributed by atoms with Gasteiger partial charge in [0.05, 0.1) is 15.4 Å². The molecule has 2 heterocycles. The van der Waals surface area contributed by atoms with Crippen molar-refractivity contribution in [3.05, 3.63) is 33.0 Å². The Morgan fingerprint density at radius 3 is 2.59 bits per heavy atom. The average molecular weight is 304 g/mol. The molecule has 17 heavy (non-hydrogen) atoms. The van der Waals surface area contributed by atoms with Crippen LogP contribution >= 0.6 is 15.9 Å². The van der Waals surface area contributed by atoms with Gasteiger partial charge < -0.3 is 14.5 Å². The highest BCUT2D eigenvalue weighted by Crippen LogP contribution is 2.42. The molecule has 0 fully saturated rings. The first-order chi connectivity index (χ1) is 7.96. The van der Waals surface area contributed by atoms with Crippen LogP contribution < -0.4 is 14.9 Å². The Hall–Kier alpha value is -1.63. The molecule has 0 atom stereocenters. The van der Waals surface area contributed by atoms with Crippen molar-refractivity contribution in [1.82, 2.24) is 4.98 Å². The summed E-state index contributed by atoms with van der Waals surface area (Å²) in [5, 5.41) is 0.249. The fraction of sp³-hybridized carbons (Fsp3) is 0.100. The second-order valence-electron chi connectivity index (χ2n) is 3.48. The number of benzene rings is 1. The molecule has 3 rings (SSSR count). The van der Waals surface area contributed by atoms with Crippen LogP contribution in [0.1, 0.15) is 0 Å². The minimum absolute atomic E-state index is 0.0968. The highest BCUT2D eigenvalue weighted by atomic mass is 79.9. The van der Waals surface area contributed by atoms with E-state index in [0.717, 1.165) is 0 Å². The second-order valence-corrected chi connectivity index (χ2v) is 4.33. The third-order valence-corrected chi connectivity index (χ3v) is 2.95. The molecule has 0 amide bonds. The molecule has 1 aromatic carbocycles. The van der Waals surface area contributed by atoms with Crippen LogP contribution in [-0.2, 0) is 0 Å². The molecule has 1 aliphatic rings. The van der Waals surface area contributed by atoms with Gasteiger partial charge in [-0.3, -0.25) is 4.79 Å². The van der Waals surface area contributed by atoms with E-state index in [2.05, 4.69) is 30.4 Å². The molecule has 2 aromatic rings. The summed E-state index contributed by atoms with van der Waals surface area (Å²) in [4.78, 5) is 14.5. The van der Waals surface area contributed by atoms with Gasteiger partial charge in [0.2, 0.25) is 5.43 Å². The van der Waals surface area contributed by atoms with Gasteiger partial charge >= 0.3 is 6.29 Å². The van der Waals surface area contributed by atoms with E-state index in [-0.39, 0.29) is 22.3 Å². The number of halogens is 3. The van der Waals surface area contributed by atoms with Gasteiger partial charge in [-0.2, -0.15) is 0 Å². The number of ether oxygens (including phenoxy) is 2. The number of fused-ring (bicyclic) bond motifs is 2. The van der Waals surface area contributed by atoms with Gasteiger partial charge in [-0.05, 0) is 22.0 Å². The maximum Gasteiger partial charge on any atom is 0.586 e. The van der Waals surface area contributed by atoms with Crippen molar-refractivity contribution < 1.29 is 18.3 Å². The Balaban J connectivity index is 2.31. The van der Waals surface area contributed by atoms with Crippen LogP contribution in [0.3, 0.4) is 0 Å². The smallest absolute Gasteiger partial charge is 0.395 e. The third kappa shape index (κ3) is 1.57. The van der Waals surface area contributed by atoms with Crippen molar-refractivity contribution in [3.63, 3.8) is 0 Å². The van der Waals surface area contributed by atoms with E-state index in [1.807, 2.05) is 0 Å². The standard InChI is InChI=1S/C10H4BrF2NO3/c11-5-3-14-6-2-8-7(1-4(6)9(5)15)16-10(12,13)17-8/h1-3H,(H,14,15). The number of aromatic amines is 1. The molecule has 0 unspecified atom stereocenters. The number of H-pyrrole nitrogens is 1. The van der Waals surface area contributed by atoms with E-state index in [9.17, 15) is 13.6 Å². The van der Waals surface area contributed by atoms with Gasteiger partial charge in [-0.15, -0.1) is 8.78 Å². The molecule has 1 aliphatic heterocycles. The summed E-state index contributed by atoms with van der Waals surface area (Å²) in [7, 11) is 0. The summed E-state index contributed by atoms with van der Waals surface area (Å²) in [6.07, 6.45) is -2.25. The lowest BCUT2D eigenvalue weighted by atomic mass is 10.2. The monoisotopic (exact) mass is 303 g/mol. The molecule has 0 saturated carbocycles. The van der Waals surface area contributed by atoms with E-state index < -0.39 is 6.29 Å². The van der Waals surface area contributed by atoms with Crippen molar-refractivity contribution in [2.45, 2.75) is 6.29 Å².